The van der Waals surface area contributed by atoms with Crippen molar-refractivity contribution in [3.8, 4) is 11.5 Å². The second-order valence-corrected chi connectivity index (χ2v) is 5.96. The summed E-state index contributed by atoms with van der Waals surface area (Å²) in [4.78, 5) is 25.7. The van der Waals surface area contributed by atoms with Gasteiger partial charge >= 0.3 is 6.18 Å². The lowest BCUT2D eigenvalue weighted by Crippen LogP contribution is -2.40. The Bertz CT molecular complexity index is 838. The summed E-state index contributed by atoms with van der Waals surface area (Å²) in [7, 11) is 1.52. The molecule has 0 unspecified atom stereocenters. The van der Waals surface area contributed by atoms with Gasteiger partial charge in [0.25, 0.3) is 5.91 Å². The zero-order valence-corrected chi connectivity index (χ0v) is 16.0. The first-order valence-corrected chi connectivity index (χ1v) is 8.75. The first-order valence-electron chi connectivity index (χ1n) is 8.75. The van der Waals surface area contributed by atoms with Crippen LogP contribution in [0, 0.1) is 0 Å². The van der Waals surface area contributed by atoms with Crippen LogP contribution in [0.2, 0.25) is 0 Å². The highest BCUT2D eigenvalue weighted by molar-refractivity contribution is 5.95. The van der Waals surface area contributed by atoms with Gasteiger partial charge in [-0.25, -0.2) is 0 Å². The summed E-state index contributed by atoms with van der Waals surface area (Å²) in [5, 5.41) is 2.22. The van der Waals surface area contributed by atoms with Crippen molar-refractivity contribution in [3.05, 3.63) is 54.1 Å². The van der Waals surface area contributed by atoms with E-state index in [1.807, 2.05) is 0 Å². The van der Waals surface area contributed by atoms with Gasteiger partial charge in [-0.3, -0.25) is 9.59 Å². The molecular weight excluding hydrogens is 389 g/mol. The molecule has 0 aromatic heterocycles. The van der Waals surface area contributed by atoms with Crippen LogP contribution in [-0.4, -0.2) is 43.5 Å². The zero-order valence-electron chi connectivity index (χ0n) is 16.0. The number of amides is 2. The van der Waals surface area contributed by atoms with Gasteiger partial charge in [0.05, 0.1) is 24.9 Å². The molecule has 0 aliphatic rings. The maximum Gasteiger partial charge on any atom is 0.418 e. The largest absolute Gasteiger partial charge is 0.497 e. The normalized spacial score (nSPS) is 10.9. The molecule has 0 fully saturated rings. The van der Waals surface area contributed by atoms with Gasteiger partial charge in [-0.15, -0.1) is 0 Å². The van der Waals surface area contributed by atoms with E-state index in [-0.39, 0.29) is 18.8 Å². The van der Waals surface area contributed by atoms with E-state index in [2.05, 4.69) is 5.32 Å². The molecule has 2 rings (SSSR count). The fourth-order valence-corrected chi connectivity index (χ4v) is 2.49. The van der Waals surface area contributed by atoms with Gasteiger partial charge in [0.1, 0.15) is 11.5 Å². The lowest BCUT2D eigenvalue weighted by atomic mass is 10.1. The second kappa shape index (κ2) is 9.81. The van der Waals surface area contributed by atoms with Crippen LogP contribution in [0.1, 0.15) is 12.5 Å². The fourth-order valence-electron chi connectivity index (χ4n) is 2.49. The highest BCUT2D eigenvalue weighted by Crippen LogP contribution is 2.34. The smallest absolute Gasteiger partial charge is 0.418 e. The summed E-state index contributed by atoms with van der Waals surface area (Å²) >= 11 is 0. The van der Waals surface area contributed by atoms with Crippen molar-refractivity contribution < 1.29 is 32.2 Å². The Kier molecular flexibility index (Phi) is 7.46. The van der Waals surface area contributed by atoms with Gasteiger partial charge in [-0.1, -0.05) is 12.1 Å². The van der Waals surface area contributed by atoms with Crippen LogP contribution in [-0.2, 0) is 15.8 Å². The molecule has 0 spiro atoms. The van der Waals surface area contributed by atoms with E-state index in [1.165, 1.54) is 24.1 Å². The maximum absolute atomic E-state index is 13.0. The lowest BCUT2D eigenvalue weighted by Gasteiger charge is -2.21. The third-order valence-electron chi connectivity index (χ3n) is 4.00. The standard InChI is InChI=1S/C20H21F3N2O4/c1-3-25(19(27)13-29-15-10-8-14(28-2)9-11-15)12-18(26)24-17-7-5-4-6-16(17)20(21,22)23/h4-11H,3,12-13H2,1-2H3,(H,24,26). The molecule has 0 bridgehead atoms. The number of likely N-dealkylation sites (N-methyl/N-ethyl adjacent to an activating group) is 1. The highest BCUT2D eigenvalue weighted by Gasteiger charge is 2.33. The first kappa shape index (κ1) is 22.1. The van der Waals surface area contributed by atoms with Crippen LogP contribution in [0.5, 0.6) is 11.5 Å². The molecule has 0 radical (unpaired) electrons. The molecule has 0 aliphatic carbocycles. The van der Waals surface area contributed by atoms with E-state index in [4.69, 9.17) is 9.47 Å². The Hall–Kier alpha value is -3.23. The van der Waals surface area contributed by atoms with Crippen LogP contribution >= 0.6 is 0 Å². The van der Waals surface area contributed by atoms with Crippen molar-refractivity contribution in [1.29, 1.82) is 0 Å². The topological polar surface area (TPSA) is 67.9 Å². The van der Waals surface area contributed by atoms with E-state index in [0.29, 0.717) is 11.5 Å². The predicted molar refractivity (Wildman–Crippen MR) is 101 cm³/mol. The molecule has 6 nitrogen and oxygen atoms in total. The Morgan fingerprint density at radius 2 is 1.66 bits per heavy atom. The van der Waals surface area contributed by atoms with Crippen LogP contribution in [0.4, 0.5) is 18.9 Å². The molecule has 2 aromatic rings. The van der Waals surface area contributed by atoms with E-state index in [9.17, 15) is 22.8 Å². The van der Waals surface area contributed by atoms with Gasteiger partial charge < -0.3 is 19.7 Å². The quantitative estimate of drug-likeness (QED) is 0.722. The molecule has 0 saturated carbocycles. The second-order valence-electron chi connectivity index (χ2n) is 5.96. The minimum atomic E-state index is -4.60. The predicted octanol–water partition coefficient (Wildman–Crippen LogP) is 3.58. The summed E-state index contributed by atoms with van der Waals surface area (Å²) in [5.74, 6) is -0.127. The number of carbonyl (C=O) groups is 2. The van der Waals surface area contributed by atoms with Crippen LogP contribution in [0.25, 0.3) is 0 Å². The number of halogens is 3. The Labute approximate surface area is 166 Å². The molecule has 1 N–H and O–H groups in total. The molecule has 2 aromatic carbocycles. The van der Waals surface area contributed by atoms with Gasteiger partial charge in [-0.2, -0.15) is 13.2 Å². The molecule has 0 atom stereocenters. The summed E-state index contributed by atoms with van der Waals surface area (Å²) in [6, 6.07) is 11.2. The number of rotatable bonds is 8. The summed E-state index contributed by atoms with van der Waals surface area (Å²) in [6.07, 6.45) is -4.60. The number of nitrogens with one attached hydrogen (secondary N) is 1. The van der Waals surface area contributed by atoms with Gasteiger partial charge in [-0.05, 0) is 43.3 Å². The van der Waals surface area contributed by atoms with E-state index >= 15 is 0 Å². The minimum Gasteiger partial charge on any atom is -0.497 e. The van der Waals surface area contributed by atoms with Crippen molar-refractivity contribution in [2.45, 2.75) is 13.1 Å². The van der Waals surface area contributed by atoms with Crippen molar-refractivity contribution in [3.63, 3.8) is 0 Å². The first-order chi connectivity index (χ1) is 13.7. The summed E-state index contributed by atoms with van der Waals surface area (Å²) in [5.41, 5.74) is -1.31. The van der Waals surface area contributed by atoms with Gasteiger partial charge in [0.15, 0.2) is 6.61 Å². The number of anilines is 1. The number of methoxy groups -OCH3 is 1. The number of carbonyl (C=O) groups excluding carboxylic acids is 2. The monoisotopic (exact) mass is 410 g/mol. The highest BCUT2D eigenvalue weighted by atomic mass is 19.4. The molecule has 0 aliphatic heterocycles. The van der Waals surface area contributed by atoms with Crippen LogP contribution in [0.15, 0.2) is 48.5 Å². The van der Waals surface area contributed by atoms with Crippen molar-refractivity contribution >= 4 is 17.5 Å². The average molecular weight is 410 g/mol. The number of alkyl halides is 3. The van der Waals surface area contributed by atoms with Gasteiger partial charge in [0, 0.05) is 6.54 Å². The van der Waals surface area contributed by atoms with Crippen molar-refractivity contribution in [2.75, 3.05) is 32.1 Å². The van der Waals surface area contributed by atoms with Crippen molar-refractivity contribution in [2.24, 2.45) is 0 Å². The van der Waals surface area contributed by atoms with Crippen LogP contribution < -0.4 is 14.8 Å². The summed E-state index contributed by atoms with van der Waals surface area (Å²) < 4.78 is 49.5. The Balaban J connectivity index is 1.94. The minimum absolute atomic E-state index is 0.194. The summed E-state index contributed by atoms with van der Waals surface area (Å²) in [6.45, 7) is 1.14. The van der Waals surface area contributed by atoms with Gasteiger partial charge in [0.2, 0.25) is 5.91 Å². The zero-order chi connectivity index (χ0) is 21.4. The van der Waals surface area contributed by atoms with E-state index in [1.54, 1.807) is 31.2 Å². The third-order valence-corrected chi connectivity index (χ3v) is 4.00. The number of para-hydroxylation sites is 1. The number of ether oxygens (including phenoxy) is 2. The fraction of sp³-hybridized carbons (Fsp3) is 0.300. The number of hydrogen-bond donors (Lipinski definition) is 1. The SMILES string of the molecule is CCN(CC(=O)Nc1ccccc1C(F)(F)F)C(=O)COc1ccc(OC)cc1. The molecule has 0 saturated heterocycles. The molecule has 29 heavy (non-hydrogen) atoms. The van der Waals surface area contributed by atoms with E-state index in [0.717, 1.165) is 12.1 Å². The molecular formula is C20H21F3N2O4. The molecule has 0 heterocycles. The van der Waals surface area contributed by atoms with E-state index < -0.39 is 30.1 Å². The molecule has 2 amide bonds. The number of hydrogen-bond acceptors (Lipinski definition) is 4. The number of nitrogens with zero attached hydrogens (tertiary/aromatic N) is 1. The Morgan fingerprint density at radius 3 is 2.24 bits per heavy atom. The molecule has 156 valence electrons. The lowest BCUT2D eigenvalue weighted by molar-refractivity contribution is -0.137. The van der Waals surface area contributed by atoms with Crippen molar-refractivity contribution in [1.82, 2.24) is 4.90 Å². The van der Waals surface area contributed by atoms with Crippen LogP contribution in [0.3, 0.4) is 0 Å². The third kappa shape index (κ3) is 6.41. The maximum atomic E-state index is 13.0. The molecule has 9 heteroatoms. The average Bonchev–Trinajstić information content (AvgIpc) is 2.70. The Morgan fingerprint density at radius 1 is 1.03 bits per heavy atom. The number of benzene rings is 2.